The highest BCUT2D eigenvalue weighted by molar-refractivity contribution is 6.35. The van der Waals surface area contributed by atoms with Crippen LogP contribution in [0.1, 0.15) is 11.1 Å². The number of nitrogens with one attached hydrogen (secondary N) is 2. The number of anilines is 2. The fraction of sp³-hybridized carbons (Fsp3) is 0.136. The molecule has 0 aliphatic carbocycles. The van der Waals surface area contributed by atoms with Crippen molar-refractivity contribution >= 4 is 39.7 Å². The summed E-state index contributed by atoms with van der Waals surface area (Å²) in [4.78, 5) is 12.5. The molecule has 0 saturated heterocycles. The number of carbonyl (C=O) groups is 1. The lowest BCUT2D eigenvalue weighted by atomic mass is 10.0. The Morgan fingerprint density at radius 2 is 1.85 bits per heavy atom. The molecule has 1 amide bonds. The molecule has 5 nitrogen and oxygen atoms in total. The first-order valence-electron chi connectivity index (χ1n) is 8.83. The maximum absolute atomic E-state index is 12.5. The minimum absolute atomic E-state index is 0.134. The van der Waals surface area contributed by atoms with Gasteiger partial charge in [0, 0.05) is 29.1 Å². The van der Waals surface area contributed by atoms with Gasteiger partial charge in [-0.1, -0.05) is 36.4 Å². The van der Waals surface area contributed by atoms with Crippen LogP contribution in [0.3, 0.4) is 0 Å². The van der Waals surface area contributed by atoms with Crippen LogP contribution in [0.15, 0.2) is 60.7 Å². The van der Waals surface area contributed by atoms with E-state index in [4.69, 9.17) is 5.11 Å². The van der Waals surface area contributed by atoms with Crippen LogP contribution in [0.25, 0.3) is 22.4 Å². The zero-order valence-corrected chi connectivity index (χ0v) is 14.6. The van der Waals surface area contributed by atoms with Crippen LogP contribution < -0.4 is 10.6 Å². The van der Waals surface area contributed by atoms with E-state index in [2.05, 4.69) is 28.8 Å². The summed E-state index contributed by atoms with van der Waals surface area (Å²) in [5.41, 5.74) is 3.92. The number of hydrogen-bond donors (Lipinski definition) is 4. The molecule has 0 saturated carbocycles. The average Bonchev–Trinajstić information content (AvgIpc) is 3.00. The van der Waals surface area contributed by atoms with Gasteiger partial charge in [0.25, 0.3) is 5.91 Å². The van der Waals surface area contributed by atoms with Crippen LogP contribution in [0.4, 0.5) is 11.4 Å². The number of hydrogen-bond acceptors (Lipinski definition) is 4. The third kappa shape index (κ3) is 3.56. The lowest BCUT2D eigenvalue weighted by Crippen LogP contribution is -2.22. The van der Waals surface area contributed by atoms with Crippen molar-refractivity contribution in [3.8, 4) is 0 Å². The van der Waals surface area contributed by atoms with E-state index in [1.54, 1.807) is 0 Å². The van der Waals surface area contributed by atoms with Gasteiger partial charge in [-0.2, -0.15) is 0 Å². The molecule has 1 unspecified atom stereocenters. The maximum atomic E-state index is 12.5. The number of amides is 1. The highest BCUT2D eigenvalue weighted by Gasteiger charge is 2.24. The lowest BCUT2D eigenvalue weighted by Gasteiger charge is -2.11. The van der Waals surface area contributed by atoms with Crippen molar-refractivity contribution in [2.45, 2.75) is 6.10 Å². The Hall–Kier alpha value is -3.15. The quantitative estimate of drug-likeness (QED) is 0.527. The normalized spacial score (nSPS) is 15.6. The van der Waals surface area contributed by atoms with Gasteiger partial charge < -0.3 is 20.8 Å². The van der Waals surface area contributed by atoms with E-state index >= 15 is 0 Å². The van der Waals surface area contributed by atoms with Crippen molar-refractivity contribution in [3.05, 3.63) is 71.8 Å². The molecule has 0 bridgehead atoms. The molecule has 1 aliphatic heterocycles. The topological polar surface area (TPSA) is 81.6 Å². The first-order valence-corrected chi connectivity index (χ1v) is 8.83. The Kier molecular flexibility index (Phi) is 4.62. The first kappa shape index (κ1) is 17.3. The van der Waals surface area contributed by atoms with Gasteiger partial charge in [-0.25, -0.2) is 0 Å². The largest absolute Gasteiger partial charge is 0.394 e. The summed E-state index contributed by atoms with van der Waals surface area (Å²) in [6.45, 7) is -0.0640. The summed E-state index contributed by atoms with van der Waals surface area (Å²) in [6, 6.07) is 19.8. The molecule has 4 rings (SSSR count). The molecule has 3 aromatic carbocycles. The molecule has 0 aromatic heterocycles. The summed E-state index contributed by atoms with van der Waals surface area (Å²) in [5.74, 6) is -0.134. The summed E-state index contributed by atoms with van der Waals surface area (Å²) in [6.07, 6.45) is 1.06. The van der Waals surface area contributed by atoms with Crippen LogP contribution in [0.5, 0.6) is 0 Å². The van der Waals surface area contributed by atoms with Gasteiger partial charge >= 0.3 is 0 Å². The van der Waals surface area contributed by atoms with E-state index in [0.717, 1.165) is 33.3 Å². The van der Waals surface area contributed by atoms with Crippen molar-refractivity contribution < 1.29 is 15.0 Å². The Balaban J connectivity index is 1.67. The van der Waals surface area contributed by atoms with Gasteiger partial charge in [0.05, 0.1) is 12.7 Å². The molecular weight excluding hydrogens is 340 g/mol. The summed E-state index contributed by atoms with van der Waals surface area (Å²) >= 11 is 0. The van der Waals surface area contributed by atoms with Crippen molar-refractivity contribution in [2.75, 3.05) is 23.8 Å². The van der Waals surface area contributed by atoms with Crippen molar-refractivity contribution in [1.29, 1.82) is 0 Å². The standard InChI is InChI=1S/C22H20N2O3/c25-13-18(26)12-23-17-7-8-21-19(11-17)20(22(27)24-21)10-14-5-6-15-3-1-2-4-16(15)9-14/h1-11,18,23,25-26H,12-13H2,(H,24,27). The van der Waals surface area contributed by atoms with Gasteiger partial charge in [0.2, 0.25) is 0 Å². The number of fused-ring (bicyclic) bond motifs is 2. The van der Waals surface area contributed by atoms with Crippen molar-refractivity contribution in [2.24, 2.45) is 0 Å². The van der Waals surface area contributed by atoms with E-state index in [1.807, 2.05) is 48.5 Å². The zero-order chi connectivity index (χ0) is 18.8. The highest BCUT2D eigenvalue weighted by atomic mass is 16.3. The highest BCUT2D eigenvalue weighted by Crippen LogP contribution is 2.35. The fourth-order valence-electron chi connectivity index (χ4n) is 3.21. The zero-order valence-electron chi connectivity index (χ0n) is 14.6. The summed E-state index contributed by atoms with van der Waals surface area (Å²) < 4.78 is 0. The van der Waals surface area contributed by atoms with Crippen molar-refractivity contribution in [1.82, 2.24) is 0 Å². The Morgan fingerprint density at radius 1 is 1.04 bits per heavy atom. The molecule has 0 spiro atoms. The molecule has 5 heteroatoms. The van der Waals surface area contributed by atoms with Gasteiger partial charge in [0.15, 0.2) is 0 Å². The lowest BCUT2D eigenvalue weighted by molar-refractivity contribution is -0.110. The second-order valence-corrected chi connectivity index (χ2v) is 6.60. The van der Waals surface area contributed by atoms with E-state index in [1.165, 1.54) is 0 Å². The average molecular weight is 360 g/mol. The minimum Gasteiger partial charge on any atom is -0.394 e. The Bertz CT molecular complexity index is 1040. The monoisotopic (exact) mass is 360 g/mol. The molecular formula is C22H20N2O3. The van der Waals surface area contributed by atoms with E-state index in [-0.39, 0.29) is 19.1 Å². The second kappa shape index (κ2) is 7.23. The molecule has 4 N–H and O–H groups in total. The Morgan fingerprint density at radius 3 is 2.67 bits per heavy atom. The second-order valence-electron chi connectivity index (χ2n) is 6.60. The number of rotatable bonds is 5. The molecule has 3 aromatic rings. The van der Waals surface area contributed by atoms with Gasteiger partial charge in [0.1, 0.15) is 0 Å². The smallest absolute Gasteiger partial charge is 0.256 e. The van der Waals surface area contributed by atoms with E-state index < -0.39 is 6.10 Å². The van der Waals surface area contributed by atoms with Crippen LogP contribution in [-0.4, -0.2) is 35.4 Å². The van der Waals surface area contributed by atoms with Crippen LogP contribution in [0, 0.1) is 0 Å². The molecule has 27 heavy (non-hydrogen) atoms. The summed E-state index contributed by atoms with van der Waals surface area (Å²) in [7, 11) is 0. The summed E-state index contributed by atoms with van der Waals surface area (Å²) in [5, 5.41) is 26.7. The van der Waals surface area contributed by atoms with Crippen LogP contribution in [0.2, 0.25) is 0 Å². The van der Waals surface area contributed by atoms with Crippen LogP contribution in [-0.2, 0) is 4.79 Å². The maximum Gasteiger partial charge on any atom is 0.256 e. The minimum atomic E-state index is -0.828. The third-order valence-electron chi connectivity index (χ3n) is 4.64. The molecule has 0 radical (unpaired) electrons. The number of benzene rings is 3. The van der Waals surface area contributed by atoms with Gasteiger partial charge in [-0.05, 0) is 46.7 Å². The van der Waals surface area contributed by atoms with Gasteiger partial charge in [-0.15, -0.1) is 0 Å². The van der Waals surface area contributed by atoms with E-state index in [0.29, 0.717) is 5.57 Å². The molecule has 1 aliphatic rings. The SMILES string of the molecule is O=C1Nc2ccc(NCC(O)CO)cc2C1=Cc1ccc2ccccc2c1. The number of aliphatic hydroxyl groups excluding tert-OH is 2. The molecule has 136 valence electrons. The van der Waals surface area contributed by atoms with Crippen LogP contribution >= 0.6 is 0 Å². The van der Waals surface area contributed by atoms with Gasteiger partial charge in [-0.3, -0.25) is 4.79 Å². The number of carbonyl (C=O) groups excluding carboxylic acids is 1. The van der Waals surface area contributed by atoms with Crippen molar-refractivity contribution in [3.63, 3.8) is 0 Å². The first-order chi connectivity index (χ1) is 13.1. The number of aliphatic hydroxyl groups is 2. The molecule has 0 fully saturated rings. The molecule has 1 heterocycles. The predicted molar refractivity (Wildman–Crippen MR) is 108 cm³/mol. The van der Waals surface area contributed by atoms with E-state index in [9.17, 15) is 9.90 Å². The molecule has 1 atom stereocenters. The predicted octanol–water partition coefficient (Wildman–Crippen LogP) is 3.10. The fourth-order valence-corrected chi connectivity index (χ4v) is 3.21. The Labute approximate surface area is 157 Å². The third-order valence-corrected chi connectivity index (χ3v) is 4.64.